The lowest BCUT2D eigenvalue weighted by Crippen LogP contribution is -2.26. The van der Waals surface area contributed by atoms with Gasteiger partial charge in [-0.1, -0.05) is 6.92 Å². The van der Waals surface area contributed by atoms with Gasteiger partial charge < -0.3 is 10.4 Å². The standard InChI is InChI=1S/C12H21NOS/c1-4-10-5-6-11(15-10)9-13-8-7-12(2,3)14/h5-6,13-14H,4,7-9H2,1-3H3. The van der Waals surface area contributed by atoms with Crippen molar-refractivity contribution in [2.75, 3.05) is 6.54 Å². The molecule has 0 radical (unpaired) electrons. The van der Waals surface area contributed by atoms with Crippen LogP contribution in [0.15, 0.2) is 12.1 Å². The monoisotopic (exact) mass is 227 g/mol. The number of aliphatic hydroxyl groups is 1. The minimum Gasteiger partial charge on any atom is -0.390 e. The SMILES string of the molecule is CCc1ccc(CNCCC(C)(C)O)s1. The van der Waals surface area contributed by atoms with E-state index in [2.05, 4.69) is 24.4 Å². The topological polar surface area (TPSA) is 32.3 Å². The van der Waals surface area contributed by atoms with Crippen LogP contribution in [0.3, 0.4) is 0 Å². The van der Waals surface area contributed by atoms with Gasteiger partial charge in [0.25, 0.3) is 0 Å². The van der Waals surface area contributed by atoms with Gasteiger partial charge >= 0.3 is 0 Å². The second kappa shape index (κ2) is 5.64. The summed E-state index contributed by atoms with van der Waals surface area (Å²) in [6.07, 6.45) is 1.91. The van der Waals surface area contributed by atoms with Crippen LogP contribution in [0.25, 0.3) is 0 Å². The highest BCUT2D eigenvalue weighted by Crippen LogP contribution is 2.16. The van der Waals surface area contributed by atoms with Gasteiger partial charge in [0.2, 0.25) is 0 Å². The van der Waals surface area contributed by atoms with Gasteiger partial charge in [-0.15, -0.1) is 11.3 Å². The number of nitrogens with one attached hydrogen (secondary N) is 1. The fraction of sp³-hybridized carbons (Fsp3) is 0.667. The summed E-state index contributed by atoms with van der Waals surface area (Å²) < 4.78 is 0. The molecule has 2 N–H and O–H groups in total. The number of rotatable bonds is 6. The highest BCUT2D eigenvalue weighted by molar-refractivity contribution is 7.11. The quantitative estimate of drug-likeness (QED) is 0.732. The van der Waals surface area contributed by atoms with Crippen molar-refractivity contribution in [3.8, 4) is 0 Å². The molecule has 0 saturated carbocycles. The molecule has 1 rings (SSSR count). The average molecular weight is 227 g/mol. The summed E-state index contributed by atoms with van der Waals surface area (Å²) in [6.45, 7) is 7.64. The molecule has 0 atom stereocenters. The molecule has 1 aromatic rings. The Kier molecular flexibility index (Phi) is 4.77. The number of hydrogen-bond acceptors (Lipinski definition) is 3. The molecule has 0 saturated heterocycles. The van der Waals surface area contributed by atoms with E-state index in [1.54, 1.807) is 0 Å². The maximum absolute atomic E-state index is 9.52. The van der Waals surface area contributed by atoms with Crippen LogP contribution < -0.4 is 5.32 Å². The molecular formula is C12H21NOS. The van der Waals surface area contributed by atoms with E-state index in [1.165, 1.54) is 9.75 Å². The van der Waals surface area contributed by atoms with Crippen molar-refractivity contribution in [1.82, 2.24) is 5.32 Å². The summed E-state index contributed by atoms with van der Waals surface area (Å²) in [6, 6.07) is 4.37. The second-order valence-corrected chi connectivity index (χ2v) is 5.71. The smallest absolute Gasteiger partial charge is 0.0603 e. The third-order valence-corrected chi connectivity index (χ3v) is 3.51. The van der Waals surface area contributed by atoms with E-state index in [1.807, 2.05) is 25.2 Å². The van der Waals surface area contributed by atoms with Crippen molar-refractivity contribution >= 4 is 11.3 Å². The van der Waals surface area contributed by atoms with Gasteiger partial charge in [-0.25, -0.2) is 0 Å². The van der Waals surface area contributed by atoms with Gasteiger partial charge in [0.15, 0.2) is 0 Å². The molecule has 3 heteroatoms. The highest BCUT2D eigenvalue weighted by atomic mass is 32.1. The van der Waals surface area contributed by atoms with Gasteiger partial charge in [0, 0.05) is 16.3 Å². The number of aryl methyl sites for hydroxylation is 1. The molecule has 0 fully saturated rings. The number of hydrogen-bond donors (Lipinski definition) is 2. The zero-order valence-corrected chi connectivity index (χ0v) is 10.7. The maximum atomic E-state index is 9.52. The lowest BCUT2D eigenvalue weighted by molar-refractivity contribution is 0.0711. The van der Waals surface area contributed by atoms with Crippen LogP contribution in [0, 0.1) is 0 Å². The largest absolute Gasteiger partial charge is 0.390 e. The van der Waals surface area contributed by atoms with Crippen molar-refractivity contribution in [3.63, 3.8) is 0 Å². The van der Waals surface area contributed by atoms with Crippen molar-refractivity contribution in [2.24, 2.45) is 0 Å². The molecular weight excluding hydrogens is 206 g/mol. The lowest BCUT2D eigenvalue weighted by Gasteiger charge is -2.16. The molecule has 0 aliphatic rings. The van der Waals surface area contributed by atoms with Crippen LogP contribution in [0.4, 0.5) is 0 Å². The van der Waals surface area contributed by atoms with E-state index < -0.39 is 5.60 Å². The van der Waals surface area contributed by atoms with Gasteiger partial charge in [-0.3, -0.25) is 0 Å². The predicted molar refractivity (Wildman–Crippen MR) is 66.3 cm³/mol. The summed E-state index contributed by atoms with van der Waals surface area (Å²) in [5.74, 6) is 0. The van der Waals surface area contributed by atoms with Gasteiger partial charge in [0.05, 0.1) is 5.60 Å². The van der Waals surface area contributed by atoms with Crippen LogP contribution in [-0.4, -0.2) is 17.3 Å². The normalized spacial score (nSPS) is 12.0. The Morgan fingerprint density at radius 2 is 2.00 bits per heavy atom. The molecule has 0 aliphatic heterocycles. The Balaban J connectivity index is 2.20. The van der Waals surface area contributed by atoms with Gasteiger partial charge in [0.1, 0.15) is 0 Å². The molecule has 2 nitrogen and oxygen atoms in total. The van der Waals surface area contributed by atoms with Gasteiger partial charge in [-0.05, 0) is 45.4 Å². The Labute approximate surface area is 96.3 Å². The molecule has 1 aromatic heterocycles. The van der Waals surface area contributed by atoms with Crippen molar-refractivity contribution in [1.29, 1.82) is 0 Å². The summed E-state index contributed by atoms with van der Waals surface area (Å²) >= 11 is 1.87. The fourth-order valence-corrected chi connectivity index (χ4v) is 2.24. The summed E-state index contributed by atoms with van der Waals surface area (Å²) in [5.41, 5.74) is -0.559. The average Bonchev–Trinajstić information content (AvgIpc) is 2.59. The first-order chi connectivity index (χ1) is 7.01. The molecule has 0 amide bonds. The molecule has 0 unspecified atom stereocenters. The molecule has 0 bridgehead atoms. The molecule has 15 heavy (non-hydrogen) atoms. The van der Waals surface area contributed by atoms with Crippen LogP contribution in [-0.2, 0) is 13.0 Å². The van der Waals surface area contributed by atoms with Gasteiger partial charge in [-0.2, -0.15) is 0 Å². The minimum absolute atomic E-state index is 0.559. The Bertz CT molecular complexity index is 288. The molecule has 86 valence electrons. The van der Waals surface area contributed by atoms with E-state index in [-0.39, 0.29) is 0 Å². The second-order valence-electron chi connectivity index (χ2n) is 4.46. The highest BCUT2D eigenvalue weighted by Gasteiger charge is 2.10. The van der Waals surface area contributed by atoms with Crippen molar-refractivity contribution in [3.05, 3.63) is 21.9 Å². The van der Waals surface area contributed by atoms with E-state index in [0.717, 1.165) is 25.9 Å². The summed E-state index contributed by atoms with van der Waals surface area (Å²) in [5, 5.41) is 12.9. The lowest BCUT2D eigenvalue weighted by atomic mass is 10.1. The first-order valence-corrected chi connectivity index (χ1v) is 6.33. The van der Waals surface area contributed by atoms with E-state index in [0.29, 0.717) is 0 Å². The van der Waals surface area contributed by atoms with Crippen LogP contribution in [0.2, 0.25) is 0 Å². The van der Waals surface area contributed by atoms with Crippen molar-refractivity contribution in [2.45, 2.75) is 45.8 Å². The zero-order chi connectivity index (χ0) is 11.3. The Hall–Kier alpha value is -0.380. The summed E-state index contributed by atoms with van der Waals surface area (Å²) in [4.78, 5) is 2.82. The van der Waals surface area contributed by atoms with E-state index >= 15 is 0 Å². The molecule has 1 heterocycles. The van der Waals surface area contributed by atoms with E-state index in [4.69, 9.17) is 0 Å². The van der Waals surface area contributed by atoms with Crippen LogP contribution >= 0.6 is 11.3 Å². The third kappa shape index (κ3) is 5.30. The zero-order valence-electron chi connectivity index (χ0n) is 9.84. The Morgan fingerprint density at radius 3 is 2.53 bits per heavy atom. The number of thiophene rings is 1. The summed E-state index contributed by atoms with van der Waals surface area (Å²) in [7, 11) is 0. The first kappa shape index (κ1) is 12.7. The third-order valence-electron chi connectivity index (χ3n) is 2.28. The fourth-order valence-electron chi connectivity index (χ4n) is 1.31. The van der Waals surface area contributed by atoms with E-state index in [9.17, 15) is 5.11 Å². The Morgan fingerprint density at radius 1 is 1.33 bits per heavy atom. The molecule has 0 aliphatic carbocycles. The van der Waals surface area contributed by atoms with Crippen molar-refractivity contribution < 1.29 is 5.11 Å². The maximum Gasteiger partial charge on any atom is 0.0603 e. The van der Waals surface area contributed by atoms with Crippen LogP contribution in [0.5, 0.6) is 0 Å². The minimum atomic E-state index is -0.559. The molecule has 0 spiro atoms. The first-order valence-electron chi connectivity index (χ1n) is 5.52. The van der Waals surface area contributed by atoms with Crippen LogP contribution in [0.1, 0.15) is 36.9 Å². The molecule has 0 aromatic carbocycles. The predicted octanol–water partition coefficient (Wildman–Crippen LogP) is 2.56.